The van der Waals surface area contributed by atoms with E-state index in [0.29, 0.717) is 11.5 Å². The van der Waals surface area contributed by atoms with Crippen LogP contribution >= 0.6 is 0 Å². The third-order valence-electron chi connectivity index (χ3n) is 4.68. The predicted molar refractivity (Wildman–Crippen MR) is 119 cm³/mol. The number of hydrogen-bond donors (Lipinski definition) is 2. The second kappa shape index (κ2) is 9.95. The van der Waals surface area contributed by atoms with Crippen molar-refractivity contribution in [3.8, 4) is 5.88 Å². The summed E-state index contributed by atoms with van der Waals surface area (Å²) in [4.78, 5) is 24.4. The maximum Gasteiger partial charge on any atom is 0.267 e. The summed E-state index contributed by atoms with van der Waals surface area (Å²) in [6.07, 6.45) is 1.36. The number of halogens is 2. The first-order valence-electron chi connectivity index (χ1n) is 9.75. The Labute approximate surface area is 184 Å². The highest BCUT2D eigenvalue weighted by Crippen LogP contribution is 2.31. The van der Waals surface area contributed by atoms with Crippen LogP contribution in [-0.2, 0) is 11.2 Å². The first kappa shape index (κ1) is 22.8. The lowest BCUT2D eigenvalue weighted by atomic mass is 10.0. The molecule has 0 aliphatic carbocycles. The van der Waals surface area contributed by atoms with Gasteiger partial charge in [-0.05, 0) is 31.6 Å². The molecule has 2 aromatic heterocycles. The first-order valence-corrected chi connectivity index (χ1v) is 9.75. The van der Waals surface area contributed by atoms with E-state index < -0.39 is 6.43 Å². The summed E-state index contributed by atoms with van der Waals surface area (Å²) in [7, 11) is 1.40. The number of nitrogens with zero attached hydrogens (tertiary/aromatic N) is 3. The third kappa shape index (κ3) is 5.42. The van der Waals surface area contributed by atoms with Crippen LogP contribution in [-0.4, -0.2) is 27.8 Å². The lowest BCUT2D eigenvalue weighted by Gasteiger charge is -2.15. The van der Waals surface area contributed by atoms with Gasteiger partial charge in [0, 0.05) is 36.1 Å². The summed E-state index contributed by atoms with van der Waals surface area (Å²) < 4.78 is 31.8. The van der Waals surface area contributed by atoms with Crippen LogP contribution in [0.4, 0.5) is 31.9 Å². The van der Waals surface area contributed by atoms with E-state index in [2.05, 4.69) is 32.2 Å². The molecule has 0 atom stereocenters. The Morgan fingerprint density at radius 3 is 2.62 bits per heavy atom. The lowest BCUT2D eigenvalue weighted by molar-refractivity contribution is -0.114. The second-order valence-electron chi connectivity index (χ2n) is 7.10. The van der Waals surface area contributed by atoms with Crippen molar-refractivity contribution in [1.82, 2.24) is 15.0 Å². The van der Waals surface area contributed by atoms with Crippen LogP contribution in [0.15, 0.2) is 49.3 Å². The van der Waals surface area contributed by atoms with E-state index >= 15 is 0 Å². The van der Waals surface area contributed by atoms with Crippen LogP contribution in [0.1, 0.15) is 28.7 Å². The zero-order chi connectivity index (χ0) is 23.3. The molecule has 0 spiro atoms. The molecule has 2 N–H and O–H groups in total. The molecule has 0 radical (unpaired) electrons. The molecule has 0 unspecified atom stereocenters. The van der Waals surface area contributed by atoms with Gasteiger partial charge in [0.25, 0.3) is 6.43 Å². The van der Waals surface area contributed by atoms with E-state index in [1.54, 1.807) is 6.20 Å². The quantitative estimate of drug-likeness (QED) is 0.442. The van der Waals surface area contributed by atoms with Crippen molar-refractivity contribution in [3.63, 3.8) is 0 Å². The van der Waals surface area contributed by atoms with E-state index in [1.165, 1.54) is 19.3 Å². The highest BCUT2D eigenvalue weighted by molar-refractivity contribution is 5.92. The number of methoxy groups -OCH3 is 1. The second-order valence-corrected chi connectivity index (χ2v) is 7.10. The monoisotopic (exact) mass is 439 g/mol. The molecule has 166 valence electrons. The number of carbonyl (C=O) groups excluding carboxylic acids is 1. The van der Waals surface area contributed by atoms with Crippen LogP contribution in [0.25, 0.3) is 0 Å². The zero-order valence-corrected chi connectivity index (χ0v) is 17.9. The number of alkyl halides is 2. The summed E-state index contributed by atoms with van der Waals surface area (Å²) in [6.45, 7) is 7.28. The number of nitrogens with one attached hydrogen (secondary N) is 2. The molecule has 0 amide bonds. The van der Waals surface area contributed by atoms with Gasteiger partial charge in [0.2, 0.25) is 11.8 Å². The molecule has 2 heterocycles. The molecule has 3 rings (SSSR count). The molecule has 1 aromatic carbocycles. The zero-order valence-electron chi connectivity index (χ0n) is 17.9. The molecule has 0 bridgehead atoms. The number of hydrogen-bond acceptors (Lipinski definition) is 7. The molecule has 0 saturated carbocycles. The Bertz CT molecular complexity index is 1150. The number of pyridine rings is 1. The number of anilines is 4. The number of aromatic nitrogens is 3. The standard InChI is InChI=1S/C23H23F2N5O2/c1-5-16(31)9-15-8-13(2)6-7-18(15)28-22-14(3)11-27-23(30-22)29-19-10-20(32-4)26-12-17(19)21(24)25/h5-8,10-12,21H,1,9H2,2-4H3,(H2,26,27,28,29,30). The Morgan fingerprint density at radius 1 is 1.16 bits per heavy atom. The van der Waals surface area contributed by atoms with E-state index in [-0.39, 0.29) is 35.3 Å². The van der Waals surface area contributed by atoms with Gasteiger partial charge in [-0.25, -0.2) is 18.7 Å². The SMILES string of the molecule is C=CC(=O)Cc1cc(C)ccc1Nc1nc(Nc2cc(OC)ncc2C(F)F)ncc1C. The van der Waals surface area contributed by atoms with Gasteiger partial charge in [-0.3, -0.25) is 4.79 Å². The molecular formula is C23H23F2N5O2. The van der Waals surface area contributed by atoms with Gasteiger partial charge >= 0.3 is 0 Å². The molecule has 0 aliphatic rings. The molecule has 0 fully saturated rings. The fraction of sp³-hybridized carbons (Fsp3) is 0.217. The first-order chi connectivity index (χ1) is 15.3. The minimum Gasteiger partial charge on any atom is -0.481 e. The van der Waals surface area contributed by atoms with E-state index in [0.717, 1.165) is 22.9 Å². The molecule has 3 aromatic rings. The molecule has 0 saturated heterocycles. The largest absolute Gasteiger partial charge is 0.481 e. The molecular weight excluding hydrogens is 416 g/mol. The summed E-state index contributed by atoms with van der Waals surface area (Å²) in [5.41, 5.74) is 3.04. The highest BCUT2D eigenvalue weighted by atomic mass is 19.3. The fourth-order valence-electron chi connectivity index (χ4n) is 2.97. The van der Waals surface area contributed by atoms with E-state index in [4.69, 9.17) is 4.74 Å². The van der Waals surface area contributed by atoms with Gasteiger partial charge in [-0.15, -0.1) is 0 Å². The average Bonchev–Trinajstić information content (AvgIpc) is 2.77. The number of aryl methyl sites for hydroxylation is 2. The number of ketones is 1. The van der Waals surface area contributed by atoms with Crippen LogP contribution in [0.5, 0.6) is 5.88 Å². The number of allylic oxidation sites excluding steroid dienone is 1. The smallest absolute Gasteiger partial charge is 0.267 e. The van der Waals surface area contributed by atoms with E-state index in [9.17, 15) is 13.6 Å². The number of rotatable bonds is 9. The summed E-state index contributed by atoms with van der Waals surface area (Å²) in [5.74, 6) is 0.660. The normalized spacial score (nSPS) is 10.7. The van der Waals surface area contributed by atoms with Gasteiger partial charge in [-0.2, -0.15) is 4.98 Å². The molecule has 9 heteroatoms. The predicted octanol–water partition coefficient (Wildman–Crippen LogP) is 5.22. The highest BCUT2D eigenvalue weighted by Gasteiger charge is 2.17. The van der Waals surface area contributed by atoms with Crippen molar-refractivity contribution in [2.75, 3.05) is 17.7 Å². The van der Waals surface area contributed by atoms with Crippen LogP contribution in [0, 0.1) is 13.8 Å². The average molecular weight is 439 g/mol. The molecule has 0 aliphatic heterocycles. The number of benzene rings is 1. The van der Waals surface area contributed by atoms with Crippen molar-refractivity contribution in [1.29, 1.82) is 0 Å². The summed E-state index contributed by atoms with van der Waals surface area (Å²) in [6, 6.07) is 7.05. The van der Waals surface area contributed by atoms with Gasteiger partial charge in [-0.1, -0.05) is 24.3 Å². The van der Waals surface area contributed by atoms with Crippen molar-refractivity contribution >= 4 is 28.9 Å². The molecule has 32 heavy (non-hydrogen) atoms. The minimum absolute atomic E-state index is 0.0919. The Balaban J connectivity index is 1.93. The number of carbonyl (C=O) groups is 1. The van der Waals surface area contributed by atoms with Crippen molar-refractivity contribution in [2.45, 2.75) is 26.7 Å². The summed E-state index contributed by atoms with van der Waals surface area (Å²) >= 11 is 0. The van der Waals surface area contributed by atoms with Gasteiger partial charge in [0.05, 0.1) is 18.4 Å². The van der Waals surface area contributed by atoms with Crippen LogP contribution in [0.3, 0.4) is 0 Å². The number of ether oxygens (including phenoxy) is 1. The fourth-order valence-corrected chi connectivity index (χ4v) is 2.97. The van der Waals surface area contributed by atoms with Crippen LogP contribution in [0.2, 0.25) is 0 Å². The third-order valence-corrected chi connectivity index (χ3v) is 4.68. The van der Waals surface area contributed by atoms with Crippen LogP contribution < -0.4 is 15.4 Å². The van der Waals surface area contributed by atoms with Crippen molar-refractivity contribution < 1.29 is 18.3 Å². The maximum absolute atomic E-state index is 13.4. The topological polar surface area (TPSA) is 89.0 Å². The maximum atomic E-state index is 13.4. The van der Waals surface area contributed by atoms with Crippen molar-refractivity contribution in [3.05, 3.63) is 71.6 Å². The minimum atomic E-state index is -2.74. The van der Waals surface area contributed by atoms with Gasteiger partial charge in [0.1, 0.15) is 5.82 Å². The Morgan fingerprint density at radius 2 is 1.94 bits per heavy atom. The van der Waals surface area contributed by atoms with Crippen molar-refractivity contribution in [2.24, 2.45) is 0 Å². The van der Waals surface area contributed by atoms with E-state index in [1.807, 2.05) is 32.0 Å². The summed E-state index contributed by atoms with van der Waals surface area (Å²) in [5, 5.41) is 6.04. The van der Waals surface area contributed by atoms with Gasteiger partial charge in [0.15, 0.2) is 5.78 Å². The Hall–Kier alpha value is -3.88. The van der Waals surface area contributed by atoms with Gasteiger partial charge < -0.3 is 15.4 Å². The Kier molecular flexibility index (Phi) is 7.09. The molecule has 7 nitrogen and oxygen atoms in total. The lowest BCUT2D eigenvalue weighted by Crippen LogP contribution is -2.07.